The summed E-state index contributed by atoms with van der Waals surface area (Å²) in [6.07, 6.45) is 1.85. The topological polar surface area (TPSA) is 60.4 Å². The van der Waals surface area contributed by atoms with Crippen LogP contribution >= 0.6 is 11.3 Å². The van der Waals surface area contributed by atoms with E-state index in [2.05, 4.69) is 19.9 Å². The molecular formula is C21H25FN4O2S. The number of fused-ring (bicyclic) bond motifs is 1. The molecule has 29 heavy (non-hydrogen) atoms. The van der Waals surface area contributed by atoms with E-state index in [1.807, 2.05) is 32.9 Å². The molecule has 4 heterocycles. The first-order valence-electron chi connectivity index (χ1n) is 9.80. The van der Waals surface area contributed by atoms with E-state index in [1.165, 1.54) is 11.3 Å². The molecule has 1 aliphatic rings. The van der Waals surface area contributed by atoms with Gasteiger partial charge in [0, 0.05) is 30.9 Å². The lowest BCUT2D eigenvalue weighted by Gasteiger charge is -2.35. The summed E-state index contributed by atoms with van der Waals surface area (Å²) in [6.45, 7) is 7.49. The summed E-state index contributed by atoms with van der Waals surface area (Å²) in [6, 6.07) is 5.19. The fourth-order valence-electron chi connectivity index (χ4n) is 3.78. The minimum Gasteiger partial charge on any atom is -0.490 e. The highest BCUT2D eigenvalue weighted by Gasteiger charge is 2.27. The molecule has 0 unspecified atom stereocenters. The van der Waals surface area contributed by atoms with Crippen LogP contribution in [-0.4, -0.2) is 46.2 Å². The Kier molecular flexibility index (Phi) is 5.65. The van der Waals surface area contributed by atoms with E-state index in [9.17, 15) is 4.39 Å². The molecule has 0 aromatic carbocycles. The van der Waals surface area contributed by atoms with E-state index in [-0.39, 0.29) is 18.0 Å². The summed E-state index contributed by atoms with van der Waals surface area (Å²) < 4.78 is 26.8. The van der Waals surface area contributed by atoms with Crippen LogP contribution in [0.2, 0.25) is 0 Å². The molecule has 0 N–H and O–H groups in total. The van der Waals surface area contributed by atoms with Crippen LogP contribution in [0.3, 0.4) is 0 Å². The van der Waals surface area contributed by atoms with Crippen LogP contribution in [0, 0.1) is 19.7 Å². The Bertz CT molecular complexity index is 1020. The number of hydrogen-bond acceptors (Lipinski definition) is 7. The van der Waals surface area contributed by atoms with E-state index in [4.69, 9.17) is 9.47 Å². The number of likely N-dealkylation sites (tertiary alicyclic amines) is 1. The van der Waals surface area contributed by atoms with Crippen molar-refractivity contribution in [2.75, 3.05) is 20.2 Å². The SMILES string of the molecule is COc1cc(OC2CCN([C@H](C)c3nc4nc(C)sc4cc3F)CC2)cc(C)n1. The fraction of sp³-hybridized carbons (Fsp3) is 0.476. The van der Waals surface area contributed by atoms with Crippen molar-refractivity contribution in [1.82, 2.24) is 19.9 Å². The van der Waals surface area contributed by atoms with Crippen LogP contribution in [0.1, 0.15) is 42.2 Å². The number of halogens is 1. The summed E-state index contributed by atoms with van der Waals surface area (Å²) in [4.78, 5) is 15.5. The predicted octanol–water partition coefficient (Wildman–Crippen LogP) is 4.46. The largest absolute Gasteiger partial charge is 0.490 e. The number of aromatic nitrogens is 3. The van der Waals surface area contributed by atoms with Crippen molar-refractivity contribution in [3.63, 3.8) is 0 Å². The second-order valence-corrected chi connectivity index (χ2v) is 8.66. The van der Waals surface area contributed by atoms with Gasteiger partial charge in [-0.1, -0.05) is 0 Å². The number of hydrogen-bond donors (Lipinski definition) is 0. The third kappa shape index (κ3) is 4.33. The summed E-state index contributed by atoms with van der Waals surface area (Å²) in [5, 5.41) is 0.901. The lowest BCUT2D eigenvalue weighted by Crippen LogP contribution is -2.40. The zero-order chi connectivity index (χ0) is 20.5. The maximum atomic E-state index is 14.7. The van der Waals surface area contributed by atoms with Gasteiger partial charge >= 0.3 is 0 Å². The first kappa shape index (κ1) is 20.0. The molecule has 0 bridgehead atoms. The minimum absolute atomic E-state index is 0.106. The molecule has 0 aliphatic carbocycles. The van der Waals surface area contributed by atoms with E-state index in [0.29, 0.717) is 17.2 Å². The standard InChI is InChI=1S/C21H25FN4O2S/c1-12-9-16(10-19(23-12)27-4)28-15-5-7-26(8-6-15)13(2)20-17(22)11-18-21(25-20)24-14(3)29-18/h9-11,13,15H,5-8H2,1-4H3/t13-/m1/s1. The fourth-order valence-corrected chi connectivity index (χ4v) is 4.58. The van der Waals surface area contributed by atoms with Crippen molar-refractivity contribution in [2.24, 2.45) is 0 Å². The van der Waals surface area contributed by atoms with Gasteiger partial charge in [0.2, 0.25) is 5.88 Å². The minimum atomic E-state index is -0.258. The van der Waals surface area contributed by atoms with Crippen molar-refractivity contribution in [3.05, 3.63) is 40.4 Å². The lowest BCUT2D eigenvalue weighted by atomic mass is 10.0. The number of methoxy groups -OCH3 is 1. The normalized spacial score (nSPS) is 16.9. The molecule has 8 heteroatoms. The van der Waals surface area contributed by atoms with Gasteiger partial charge in [0.25, 0.3) is 0 Å². The highest BCUT2D eigenvalue weighted by atomic mass is 32.1. The quantitative estimate of drug-likeness (QED) is 0.612. The van der Waals surface area contributed by atoms with Gasteiger partial charge < -0.3 is 9.47 Å². The Labute approximate surface area is 173 Å². The summed E-state index contributed by atoms with van der Waals surface area (Å²) in [7, 11) is 1.60. The first-order valence-corrected chi connectivity index (χ1v) is 10.6. The predicted molar refractivity (Wildman–Crippen MR) is 111 cm³/mol. The average molecular weight is 417 g/mol. The lowest BCUT2D eigenvalue weighted by molar-refractivity contribution is 0.0774. The highest BCUT2D eigenvalue weighted by molar-refractivity contribution is 7.18. The molecule has 0 spiro atoms. The zero-order valence-electron chi connectivity index (χ0n) is 17.1. The highest BCUT2D eigenvalue weighted by Crippen LogP contribution is 2.30. The van der Waals surface area contributed by atoms with E-state index < -0.39 is 0 Å². The monoisotopic (exact) mass is 416 g/mol. The second-order valence-electron chi connectivity index (χ2n) is 7.43. The maximum Gasteiger partial charge on any atom is 0.216 e. The molecule has 3 aromatic heterocycles. The molecule has 1 aliphatic heterocycles. The van der Waals surface area contributed by atoms with E-state index in [1.54, 1.807) is 13.2 Å². The first-order chi connectivity index (χ1) is 13.9. The molecule has 1 atom stereocenters. The number of ether oxygens (including phenoxy) is 2. The molecule has 1 fully saturated rings. The molecule has 6 nitrogen and oxygen atoms in total. The van der Waals surface area contributed by atoms with E-state index in [0.717, 1.165) is 47.1 Å². The molecule has 0 saturated carbocycles. The molecule has 0 radical (unpaired) electrons. The van der Waals surface area contributed by atoms with Gasteiger partial charge in [-0.05, 0) is 39.7 Å². The molecular weight excluding hydrogens is 391 g/mol. The van der Waals surface area contributed by atoms with Gasteiger partial charge in [0.15, 0.2) is 5.65 Å². The molecule has 1 saturated heterocycles. The van der Waals surface area contributed by atoms with Crippen LogP contribution in [0.4, 0.5) is 4.39 Å². The maximum absolute atomic E-state index is 14.7. The van der Waals surface area contributed by atoms with Crippen molar-refractivity contribution < 1.29 is 13.9 Å². The number of thiazole rings is 1. The third-order valence-electron chi connectivity index (χ3n) is 5.31. The number of rotatable bonds is 5. The van der Waals surface area contributed by atoms with Gasteiger partial charge in [-0.2, -0.15) is 0 Å². The Hall–Kier alpha value is -2.32. The molecule has 0 amide bonds. The van der Waals surface area contributed by atoms with Crippen molar-refractivity contribution in [2.45, 2.75) is 45.8 Å². The van der Waals surface area contributed by atoms with Crippen LogP contribution in [0.25, 0.3) is 10.3 Å². The van der Waals surface area contributed by atoms with Crippen LogP contribution in [0.5, 0.6) is 11.6 Å². The third-order valence-corrected chi connectivity index (χ3v) is 6.21. The van der Waals surface area contributed by atoms with Crippen LogP contribution in [-0.2, 0) is 0 Å². The smallest absolute Gasteiger partial charge is 0.216 e. The summed E-state index contributed by atoms with van der Waals surface area (Å²) in [5.74, 6) is 1.07. The van der Waals surface area contributed by atoms with Crippen molar-refractivity contribution >= 4 is 21.7 Å². The number of aryl methyl sites for hydroxylation is 2. The molecule has 154 valence electrons. The molecule has 3 aromatic rings. The Morgan fingerprint density at radius 2 is 1.90 bits per heavy atom. The van der Waals surface area contributed by atoms with Crippen LogP contribution < -0.4 is 9.47 Å². The van der Waals surface area contributed by atoms with Gasteiger partial charge in [-0.25, -0.2) is 19.3 Å². The number of nitrogens with zero attached hydrogens (tertiary/aromatic N) is 4. The number of pyridine rings is 2. The average Bonchev–Trinajstić information content (AvgIpc) is 3.05. The Morgan fingerprint density at radius 1 is 1.14 bits per heavy atom. The van der Waals surface area contributed by atoms with Crippen LogP contribution in [0.15, 0.2) is 18.2 Å². The van der Waals surface area contributed by atoms with Gasteiger partial charge in [-0.3, -0.25) is 4.90 Å². The van der Waals surface area contributed by atoms with Gasteiger partial charge in [-0.15, -0.1) is 11.3 Å². The van der Waals surface area contributed by atoms with Gasteiger partial charge in [0.05, 0.1) is 28.6 Å². The summed E-state index contributed by atoms with van der Waals surface area (Å²) >= 11 is 1.47. The Balaban J connectivity index is 1.41. The van der Waals surface area contributed by atoms with Crippen molar-refractivity contribution in [3.8, 4) is 11.6 Å². The van der Waals surface area contributed by atoms with Gasteiger partial charge in [0.1, 0.15) is 17.7 Å². The molecule has 4 rings (SSSR count). The van der Waals surface area contributed by atoms with E-state index >= 15 is 0 Å². The van der Waals surface area contributed by atoms with Crippen molar-refractivity contribution in [1.29, 1.82) is 0 Å². The number of piperidine rings is 1. The Morgan fingerprint density at radius 3 is 2.62 bits per heavy atom. The zero-order valence-corrected chi connectivity index (χ0v) is 17.9. The summed E-state index contributed by atoms with van der Waals surface area (Å²) in [5.41, 5.74) is 1.97. The second kappa shape index (κ2) is 8.20.